The Morgan fingerprint density at radius 2 is 1.65 bits per heavy atom. The molecule has 0 atom stereocenters. The number of carboxylic acid groups (broad SMARTS) is 1. The molecule has 0 unspecified atom stereocenters. The molecular weight excluding hydrogens is 336 g/mol. The Kier molecular flexibility index (Phi) is 6.73. The van der Waals surface area contributed by atoms with E-state index in [-0.39, 0.29) is 12.3 Å². The van der Waals surface area contributed by atoms with E-state index in [4.69, 9.17) is 9.57 Å². The predicted molar refractivity (Wildman–Crippen MR) is 97.6 cm³/mol. The van der Waals surface area contributed by atoms with Crippen LogP contribution in [0, 0.1) is 0 Å². The number of carbonyl (C=O) groups is 1. The van der Waals surface area contributed by atoms with Gasteiger partial charge in [-0.1, -0.05) is 34.6 Å². The van der Waals surface area contributed by atoms with Gasteiger partial charge in [0, 0.05) is 5.56 Å². The number of oxime groups is 2. The van der Waals surface area contributed by atoms with E-state index in [1.54, 1.807) is 18.2 Å². The van der Waals surface area contributed by atoms with Crippen LogP contribution in [0.5, 0.6) is 5.75 Å². The molecule has 26 heavy (non-hydrogen) atoms. The van der Waals surface area contributed by atoms with Crippen molar-refractivity contribution in [2.24, 2.45) is 10.3 Å². The van der Waals surface area contributed by atoms with Gasteiger partial charge in [-0.25, -0.2) is 4.79 Å². The van der Waals surface area contributed by atoms with Crippen molar-refractivity contribution in [3.63, 3.8) is 0 Å². The van der Waals surface area contributed by atoms with Crippen molar-refractivity contribution in [3.05, 3.63) is 65.2 Å². The summed E-state index contributed by atoms with van der Waals surface area (Å²) in [6.07, 6.45) is 0. The quantitative estimate of drug-likeness (QED) is 0.580. The van der Waals surface area contributed by atoms with Gasteiger partial charge in [0.2, 0.25) is 0 Å². The number of carboxylic acids is 1. The zero-order valence-corrected chi connectivity index (χ0v) is 14.8. The zero-order chi connectivity index (χ0) is 18.9. The van der Waals surface area contributed by atoms with Crippen LogP contribution in [0.25, 0.3) is 0 Å². The molecule has 0 saturated carbocycles. The molecular formula is C19H20N2O5. The standard InChI is InChI=1S/C19H20N2O5/c1-13(20-24-2)14-8-10-16(11-9-14)26-12-15-6-4-5-7-17(15)18(19(22)23)21-25-3/h4-11H,12H2,1-3H3,(H,22,23)/b20-13+,21-18+. The molecule has 0 bridgehead atoms. The molecule has 0 aliphatic heterocycles. The van der Waals surface area contributed by atoms with E-state index in [1.165, 1.54) is 14.2 Å². The second kappa shape index (κ2) is 9.22. The van der Waals surface area contributed by atoms with E-state index < -0.39 is 5.97 Å². The first-order valence-electron chi connectivity index (χ1n) is 7.80. The van der Waals surface area contributed by atoms with E-state index in [0.717, 1.165) is 11.3 Å². The second-order valence-corrected chi connectivity index (χ2v) is 5.26. The fraction of sp³-hybridized carbons (Fsp3) is 0.211. The average Bonchev–Trinajstić information content (AvgIpc) is 2.65. The summed E-state index contributed by atoms with van der Waals surface area (Å²) in [6, 6.07) is 14.4. The molecule has 2 aromatic carbocycles. The summed E-state index contributed by atoms with van der Waals surface area (Å²) in [5.74, 6) is -0.522. The lowest BCUT2D eigenvalue weighted by atomic mass is 10.0. The maximum Gasteiger partial charge on any atom is 0.358 e. The van der Waals surface area contributed by atoms with Gasteiger partial charge in [-0.15, -0.1) is 0 Å². The third-order valence-electron chi connectivity index (χ3n) is 3.55. The zero-order valence-electron chi connectivity index (χ0n) is 14.8. The minimum atomic E-state index is -1.17. The largest absolute Gasteiger partial charge is 0.489 e. The highest BCUT2D eigenvalue weighted by Gasteiger charge is 2.17. The molecule has 0 heterocycles. The summed E-state index contributed by atoms with van der Waals surface area (Å²) in [5.41, 5.74) is 2.63. The SMILES string of the molecule is CO/N=C(\C)c1ccc(OCc2ccccc2/C(=N\OC)C(=O)O)cc1. The molecule has 7 heteroatoms. The third-order valence-corrected chi connectivity index (χ3v) is 3.55. The normalized spacial score (nSPS) is 11.8. The number of aliphatic carboxylic acids is 1. The van der Waals surface area contributed by atoms with Gasteiger partial charge < -0.3 is 19.5 Å². The number of hydrogen-bond donors (Lipinski definition) is 1. The molecule has 2 rings (SSSR count). The van der Waals surface area contributed by atoms with Gasteiger partial charge in [-0.3, -0.25) is 0 Å². The van der Waals surface area contributed by atoms with Crippen LogP contribution in [-0.4, -0.2) is 36.7 Å². The first-order chi connectivity index (χ1) is 12.6. The lowest BCUT2D eigenvalue weighted by Crippen LogP contribution is -2.17. The molecule has 1 N–H and O–H groups in total. The molecule has 0 aliphatic carbocycles. The smallest absolute Gasteiger partial charge is 0.358 e. The van der Waals surface area contributed by atoms with E-state index in [2.05, 4.69) is 15.1 Å². The van der Waals surface area contributed by atoms with E-state index >= 15 is 0 Å². The van der Waals surface area contributed by atoms with Crippen LogP contribution in [0.3, 0.4) is 0 Å². The van der Waals surface area contributed by atoms with Crippen LogP contribution >= 0.6 is 0 Å². The lowest BCUT2D eigenvalue weighted by molar-refractivity contribution is -0.129. The Bertz CT molecular complexity index is 813. The fourth-order valence-corrected chi connectivity index (χ4v) is 2.31. The van der Waals surface area contributed by atoms with E-state index in [0.29, 0.717) is 16.9 Å². The topological polar surface area (TPSA) is 89.7 Å². The summed E-state index contributed by atoms with van der Waals surface area (Å²) in [4.78, 5) is 20.8. The Hall–Kier alpha value is -3.35. The Labute approximate surface area is 151 Å². The van der Waals surface area contributed by atoms with Crippen LogP contribution in [0.15, 0.2) is 58.8 Å². The number of hydrogen-bond acceptors (Lipinski definition) is 6. The van der Waals surface area contributed by atoms with Gasteiger partial charge in [-0.2, -0.15) is 0 Å². The molecule has 136 valence electrons. The van der Waals surface area contributed by atoms with Crippen molar-refractivity contribution >= 4 is 17.4 Å². The van der Waals surface area contributed by atoms with E-state index in [9.17, 15) is 9.90 Å². The van der Waals surface area contributed by atoms with E-state index in [1.807, 2.05) is 37.3 Å². The minimum absolute atomic E-state index is 0.173. The minimum Gasteiger partial charge on any atom is -0.489 e. The summed E-state index contributed by atoms with van der Waals surface area (Å²) in [6.45, 7) is 2.04. The Morgan fingerprint density at radius 1 is 1.00 bits per heavy atom. The molecule has 0 aromatic heterocycles. The fourth-order valence-electron chi connectivity index (χ4n) is 2.31. The number of rotatable bonds is 8. The van der Waals surface area contributed by atoms with Gasteiger partial charge in [0.1, 0.15) is 26.6 Å². The van der Waals surface area contributed by atoms with Gasteiger partial charge in [0.15, 0.2) is 5.71 Å². The van der Waals surface area contributed by atoms with Crippen LogP contribution in [-0.2, 0) is 21.1 Å². The number of ether oxygens (including phenoxy) is 1. The highest BCUT2D eigenvalue weighted by Crippen LogP contribution is 2.17. The lowest BCUT2D eigenvalue weighted by Gasteiger charge is -2.11. The highest BCUT2D eigenvalue weighted by atomic mass is 16.6. The monoisotopic (exact) mass is 356 g/mol. The maximum atomic E-state index is 11.4. The first-order valence-corrected chi connectivity index (χ1v) is 7.80. The maximum absolute atomic E-state index is 11.4. The first kappa shape index (κ1) is 19.0. The molecule has 0 radical (unpaired) electrons. The number of nitrogens with zero attached hydrogens (tertiary/aromatic N) is 2. The molecule has 0 fully saturated rings. The summed E-state index contributed by atoms with van der Waals surface area (Å²) < 4.78 is 5.78. The van der Waals surface area contributed by atoms with Crippen molar-refractivity contribution in [1.82, 2.24) is 0 Å². The van der Waals surface area contributed by atoms with Gasteiger partial charge in [0.25, 0.3) is 0 Å². The van der Waals surface area contributed by atoms with Crippen molar-refractivity contribution in [3.8, 4) is 5.75 Å². The predicted octanol–water partition coefficient (Wildman–Crippen LogP) is 3.07. The van der Waals surface area contributed by atoms with Crippen LogP contribution < -0.4 is 4.74 Å². The molecule has 7 nitrogen and oxygen atoms in total. The average molecular weight is 356 g/mol. The molecule has 0 amide bonds. The van der Waals surface area contributed by atoms with Crippen LogP contribution in [0.1, 0.15) is 23.6 Å². The second-order valence-electron chi connectivity index (χ2n) is 5.26. The summed E-state index contributed by atoms with van der Waals surface area (Å²) in [7, 11) is 2.80. The third kappa shape index (κ3) is 4.83. The molecule has 0 aliphatic rings. The van der Waals surface area contributed by atoms with Crippen LogP contribution in [0.2, 0.25) is 0 Å². The van der Waals surface area contributed by atoms with Crippen molar-refractivity contribution < 1.29 is 24.3 Å². The molecule has 0 spiro atoms. The van der Waals surface area contributed by atoms with Gasteiger partial charge >= 0.3 is 5.97 Å². The summed E-state index contributed by atoms with van der Waals surface area (Å²) in [5, 5.41) is 16.8. The molecule has 2 aromatic rings. The van der Waals surface area contributed by atoms with Crippen molar-refractivity contribution in [2.45, 2.75) is 13.5 Å². The number of benzene rings is 2. The van der Waals surface area contributed by atoms with Gasteiger partial charge in [0.05, 0.1) is 5.71 Å². The van der Waals surface area contributed by atoms with Crippen LogP contribution in [0.4, 0.5) is 0 Å². The van der Waals surface area contributed by atoms with Gasteiger partial charge in [-0.05, 0) is 42.3 Å². The Balaban J connectivity index is 2.17. The highest BCUT2D eigenvalue weighted by molar-refractivity contribution is 6.42. The Morgan fingerprint density at radius 3 is 2.27 bits per heavy atom. The van der Waals surface area contributed by atoms with Crippen molar-refractivity contribution in [2.75, 3.05) is 14.2 Å². The summed E-state index contributed by atoms with van der Waals surface area (Å²) >= 11 is 0. The van der Waals surface area contributed by atoms with Crippen molar-refractivity contribution in [1.29, 1.82) is 0 Å². The molecule has 0 saturated heterocycles.